The van der Waals surface area contributed by atoms with Gasteiger partial charge in [-0.2, -0.15) is 0 Å². The molecule has 0 fully saturated rings. The Balaban J connectivity index is 1.94. The van der Waals surface area contributed by atoms with E-state index >= 15 is 0 Å². The van der Waals surface area contributed by atoms with Gasteiger partial charge in [0.05, 0.1) is 0 Å². The van der Waals surface area contributed by atoms with E-state index in [1.807, 2.05) is 0 Å². The summed E-state index contributed by atoms with van der Waals surface area (Å²) in [6.07, 6.45) is 1.19. The molecule has 25 heavy (non-hydrogen) atoms. The lowest BCUT2D eigenvalue weighted by Crippen LogP contribution is -2.22. The van der Waals surface area contributed by atoms with Crippen LogP contribution in [0.5, 0.6) is 5.75 Å². The van der Waals surface area contributed by atoms with E-state index in [2.05, 4.69) is 17.2 Å². The van der Waals surface area contributed by atoms with Crippen molar-refractivity contribution in [2.24, 2.45) is 0 Å². The summed E-state index contributed by atoms with van der Waals surface area (Å²) in [7, 11) is 0. The third-order valence-electron chi connectivity index (χ3n) is 3.22. The van der Waals surface area contributed by atoms with E-state index in [0.29, 0.717) is 23.5 Å². The number of benzene rings is 2. The zero-order valence-electron chi connectivity index (χ0n) is 13.7. The average Bonchev–Trinajstić information content (AvgIpc) is 2.60. The average molecular weight is 338 g/mol. The molecule has 0 atom stereocenters. The van der Waals surface area contributed by atoms with E-state index in [1.54, 1.807) is 42.5 Å². The number of nitrogens with one attached hydrogen (secondary N) is 2. The maximum Gasteiger partial charge on any atom is 0.308 e. The van der Waals surface area contributed by atoms with Crippen LogP contribution in [0.2, 0.25) is 0 Å². The van der Waals surface area contributed by atoms with Gasteiger partial charge in [-0.05, 0) is 42.0 Å². The Morgan fingerprint density at radius 2 is 1.84 bits per heavy atom. The predicted octanol–water partition coefficient (Wildman–Crippen LogP) is 2.67. The lowest BCUT2D eigenvalue weighted by atomic mass is 10.1. The van der Waals surface area contributed by atoms with Gasteiger partial charge in [-0.3, -0.25) is 14.4 Å². The second kappa shape index (κ2) is 8.44. The molecule has 0 saturated heterocycles. The topological polar surface area (TPSA) is 84.5 Å². The fourth-order valence-corrected chi connectivity index (χ4v) is 2.05. The highest BCUT2D eigenvalue weighted by molar-refractivity contribution is 5.98. The first-order chi connectivity index (χ1) is 12.0. The molecule has 0 bridgehead atoms. The van der Waals surface area contributed by atoms with Crippen molar-refractivity contribution in [2.75, 3.05) is 5.32 Å². The first-order valence-electron chi connectivity index (χ1n) is 7.57. The van der Waals surface area contributed by atoms with Crippen LogP contribution in [0.15, 0.2) is 61.2 Å². The second-order valence-electron chi connectivity index (χ2n) is 5.19. The highest BCUT2D eigenvalue weighted by Crippen LogP contribution is 2.14. The van der Waals surface area contributed by atoms with Crippen molar-refractivity contribution in [2.45, 2.75) is 13.5 Å². The van der Waals surface area contributed by atoms with Crippen molar-refractivity contribution < 1.29 is 19.1 Å². The van der Waals surface area contributed by atoms with Crippen molar-refractivity contribution in [3.05, 3.63) is 72.3 Å². The maximum atomic E-state index is 12.2. The van der Waals surface area contributed by atoms with E-state index in [9.17, 15) is 14.4 Å². The molecule has 2 aromatic carbocycles. The molecular weight excluding hydrogens is 320 g/mol. The van der Waals surface area contributed by atoms with Crippen LogP contribution < -0.4 is 15.4 Å². The molecule has 0 saturated carbocycles. The van der Waals surface area contributed by atoms with Crippen LogP contribution in [0.3, 0.4) is 0 Å². The zero-order valence-corrected chi connectivity index (χ0v) is 13.7. The third kappa shape index (κ3) is 5.62. The SMILES string of the molecule is C=CC(=O)Nc1ccc(CNC(=O)c2cccc(OC(C)=O)c2)cc1. The summed E-state index contributed by atoms with van der Waals surface area (Å²) in [5.41, 5.74) is 1.92. The Morgan fingerprint density at radius 1 is 1.12 bits per heavy atom. The Bertz CT molecular complexity index is 797. The molecule has 2 aromatic rings. The van der Waals surface area contributed by atoms with Crippen LogP contribution in [0.25, 0.3) is 0 Å². The molecule has 0 spiro atoms. The summed E-state index contributed by atoms with van der Waals surface area (Å²) in [4.78, 5) is 34.4. The standard InChI is InChI=1S/C19H18N2O4/c1-3-18(23)21-16-9-7-14(8-10-16)12-20-19(24)15-5-4-6-17(11-15)25-13(2)22/h3-11H,1,12H2,2H3,(H,20,24)(H,21,23). The van der Waals surface area contributed by atoms with Gasteiger partial charge in [0.25, 0.3) is 5.91 Å². The van der Waals surface area contributed by atoms with Crippen molar-refractivity contribution in [1.29, 1.82) is 0 Å². The van der Waals surface area contributed by atoms with Gasteiger partial charge in [-0.25, -0.2) is 0 Å². The molecular formula is C19H18N2O4. The number of anilines is 1. The lowest BCUT2D eigenvalue weighted by molar-refractivity contribution is -0.131. The van der Waals surface area contributed by atoms with Crippen LogP contribution in [-0.4, -0.2) is 17.8 Å². The second-order valence-corrected chi connectivity index (χ2v) is 5.19. The third-order valence-corrected chi connectivity index (χ3v) is 3.22. The minimum absolute atomic E-state index is 0.280. The van der Waals surface area contributed by atoms with Gasteiger partial charge in [-0.15, -0.1) is 0 Å². The van der Waals surface area contributed by atoms with Gasteiger partial charge in [0.15, 0.2) is 0 Å². The normalized spacial score (nSPS) is 9.80. The molecule has 0 aromatic heterocycles. The quantitative estimate of drug-likeness (QED) is 0.482. The summed E-state index contributed by atoms with van der Waals surface area (Å²) in [6.45, 7) is 5.01. The van der Waals surface area contributed by atoms with E-state index in [0.717, 1.165) is 5.56 Å². The predicted molar refractivity (Wildman–Crippen MR) is 94.2 cm³/mol. The van der Waals surface area contributed by atoms with Crippen molar-refractivity contribution in [3.63, 3.8) is 0 Å². The summed E-state index contributed by atoms with van der Waals surface area (Å²) in [6, 6.07) is 13.5. The number of hydrogen-bond donors (Lipinski definition) is 2. The monoisotopic (exact) mass is 338 g/mol. The minimum Gasteiger partial charge on any atom is -0.427 e. The molecule has 0 aliphatic heterocycles. The molecule has 128 valence electrons. The fourth-order valence-electron chi connectivity index (χ4n) is 2.05. The van der Waals surface area contributed by atoms with E-state index in [1.165, 1.54) is 19.1 Å². The van der Waals surface area contributed by atoms with Crippen LogP contribution in [-0.2, 0) is 16.1 Å². The summed E-state index contributed by atoms with van der Waals surface area (Å²) in [5, 5.41) is 5.43. The lowest BCUT2D eigenvalue weighted by Gasteiger charge is -2.08. The van der Waals surface area contributed by atoms with Gasteiger partial charge < -0.3 is 15.4 Å². The number of amides is 2. The number of carbonyl (C=O) groups excluding carboxylic acids is 3. The molecule has 0 unspecified atom stereocenters. The minimum atomic E-state index is -0.443. The molecule has 0 heterocycles. The van der Waals surface area contributed by atoms with Gasteiger partial charge in [0.1, 0.15) is 5.75 Å². The summed E-state index contributed by atoms with van der Waals surface area (Å²) in [5.74, 6) is -0.685. The number of carbonyl (C=O) groups is 3. The highest BCUT2D eigenvalue weighted by Gasteiger charge is 2.08. The van der Waals surface area contributed by atoms with Gasteiger partial charge in [-0.1, -0.05) is 24.8 Å². The fraction of sp³-hybridized carbons (Fsp3) is 0.105. The van der Waals surface area contributed by atoms with Gasteiger partial charge in [0, 0.05) is 24.7 Å². The van der Waals surface area contributed by atoms with Gasteiger partial charge >= 0.3 is 5.97 Å². The van der Waals surface area contributed by atoms with Crippen molar-refractivity contribution in [3.8, 4) is 5.75 Å². The van der Waals surface area contributed by atoms with Crippen LogP contribution >= 0.6 is 0 Å². The molecule has 2 amide bonds. The molecule has 0 aliphatic rings. The van der Waals surface area contributed by atoms with Crippen LogP contribution in [0.1, 0.15) is 22.8 Å². The van der Waals surface area contributed by atoms with E-state index in [4.69, 9.17) is 4.74 Å². The molecule has 0 radical (unpaired) electrons. The van der Waals surface area contributed by atoms with Crippen molar-refractivity contribution in [1.82, 2.24) is 5.32 Å². The number of rotatable bonds is 6. The molecule has 0 aliphatic carbocycles. The number of ether oxygens (including phenoxy) is 1. The Morgan fingerprint density at radius 3 is 2.48 bits per heavy atom. The Hall–Kier alpha value is -3.41. The van der Waals surface area contributed by atoms with E-state index in [-0.39, 0.29) is 11.8 Å². The molecule has 6 heteroatoms. The Kier molecular flexibility index (Phi) is 6.06. The van der Waals surface area contributed by atoms with Gasteiger partial charge in [0.2, 0.25) is 5.91 Å². The summed E-state index contributed by atoms with van der Waals surface area (Å²) >= 11 is 0. The first kappa shape index (κ1) is 17.9. The largest absolute Gasteiger partial charge is 0.427 e. The number of esters is 1. The van der Waals surface area contributed by atoms with E-state index < -0.39 is 5.97 Å². The summed E-state index contributed by atoms with van der Waals surface area (Å²) < 4.78 is 4.96. The smallest absolute Gasteiger partial charge is 0.308 e. The number of hydrogen-bond acceptors (Lipinski definition) is 4. The Labute approximate surface area is 145 Å². The first-order valence-corrected chi connectivity index (χ1v) is 7.57. The molecule has 6 nitrogen and oxygen atoms in total. The van der Waals surface area contributed by atoms with Crippen LogP contribution in [0, 0.1) is 0 Å². The molecule has 2 rings (SSSR count). The highest BCUT2D eigenvalue weighted by atomic mass is 16.5. The van der Waals surface area contributed by atoms with Crippen LogP contribution in [0.4, 0.5) is 5.69 Å². The molecule has 2 N–H and O–H groups in total. The van der Waals surface area contributed by atoms with Crippen molar-refractivity contribution >= 4 is 23.5 Å². The maximum absolute atomic E-state index is 12.2. The zero-order chi connectivity index (χ0) is 18.2.